The Morgan fingerprint density at radius 3 is 2.06 bits per heavy atom. The molecule has 0 radical (unpaired) electrons. The molecule has 1 aliphatic heterocycles. The highest BCUT2D eigenvalue weighted by Gasteiger charge is 2.61. The molecule has 0 aliphatic carbocycles. The molecule has 1 fully saturated rings. The molecule has 14 heteroatoms. The molecule has 1 heterocycles. The number of carbonyl (C=O) groups excluding carboxylic acids is 1. The van der Waals surface area contributed by atoms with E-state index in [1.54, 1.807) is 38.5 Å². The van der Waals surface area contributed by atoms with Gasteiger partial charge in [0.2, 0.25) is 5.91 Å². The third-order valence-electron chi connectivity index (χ3n) is 8.81. The summed E-state index contributed by atoms with van der Waals surface area (Å²) in [6, 6.07) is 12.6. The molecule has 8 nitrogen and oxygen atoms in total. The maximum atomic E-state index is 14.4. The van der Waals surface area contributed by atoms with E-state index >= 15 is 0 Å². The van der Waals surface area contributed by atoms with Crippen LogP contribution in [0.2, 0.25) is 0 Å². The topological polar surface area (TPSA) is 91.3 Å². The minimum Gasteiger partial charge on any atom is -0.496 e. The first-order valence-corrected chi connectivity index (χ1v) is 15.3. The van der Waals surface area contributed by atoms with E-state index < -0.39 is 68.2 Å². The number of ether oxygens (including phenoxy) is 2. The molecular weight excluding hydrogens is 644 g/mol. The second-order valence-corrected chi connectivity index (χ2v) is 12.3. The standard InChI is InChI=1S/C34H39F6N3O5/c1-42(2)14-11-21-17-27(47-3)29(28(18-21)48-4)25-10-6-8-23-22(7-5-9-24(23)25)19-26(30(44)45)41-31(46)32(34(38,39)40)12-15-43(16-13-32)20-33(35,36)37/h5-10,17-18,26H,11-16,19-20H2,1-4H3,(H,41,46)(H,44,45)/t26-/m0/s1. The molecule has 0 bridgehead atoms. The van der Waals surface area contributed by atoms with Gasteiger partial charge in [0.05, 0.1) is 26.3 Å². The minimum atomic E-state index is -5.11. The Kier molecular flexibility index (Phi) is 11.2. The van der Waals surface area contributed by atoms with Crippen LogP contribution in [0.5, 0.6) is 11.5 Å². The summed E-state index contributed by atoms with van der Waals surface area (Å²) in [7, 11) is 7.02. The number of hydrogen-bond acceptors (Lipinski definition) is 6. The molecule has 2 N–H and O–H groups in total. The molecular formula is C34H39F6N3O5. The minimum absolute atomic E-state index is 0.353. The average Bonchev–Trinajstić information content (AvgIpc) is 3.01. The van der Waals surface area contributed by atoms with Gasteiger partial charge in [-0.2, -0.15) is 26.3 Å². The van der Waals surface area contributed by atoms with Crippen molar-refractivity contribution < 1.29 is 50.5 Å². The molecule has 0 unspecified atom stereocenters. The van der Waals surface area contributed by atoms with Crippen molar-refractivity contribution in [1.29, 1.82) is 0 Å². The summed E-state index contributed by atoms with van der Waals surface area (Å²) in [5, 5.41) is 13.4. The molecule has 48 heavy (non-hydrogen) atoms. The van der Waals surface area contributed by atoms with Crippen LogP contribution in [0, 0.1) is 5.41 Å². The summed E-state index contributed by atoms with van der Waals surface area (Å²) >= 11 is 0. The Hall–Kier alpha value is -4.04. The molecule has 0 aromatic heterocycles. The lowest BCUT2D eigenvalue weighted by molar-refractivity contribution is -0.236. The third-order valence-corrected chi connectivity index (χ3v) is 8.81. The van der Waals surface area contributed by atoms with E-state index in [0.29, 0.717) is 39.0 Å². The summed E-state index contributed by atoms with van der Waals surface area (Å²) in [5.41, 5.74) is -0.225. The van der Waals surface area contributed by atoms with E-state index in [1.807, 2.05) is 38.4 Å². The molecule has 1 aliphatic rings. The van der Waals surface area contributed by atoms with Crippen LogP contribution < -0.4 is 14.8 Å². The number of methoxy groups -OCH3 is 2. The molecule has 262 valence electrons. The molecule has 3 aromatic rings. The SMILES string of the molecule is COc1cc(CCN(C)C)cc(OC)c1-c1cccc2c(C[C@H](NC(=O)C3(C(F)(F)F)CCN(CC(F)(F)F)CC3)C(=O)O)cccc12. The lowest BCUT2D eigenvalue weighted by Crippen LogP contribution is -2.59. The van der Waals surface area contributed by atoms with Crippen molar-refractivity contribution >= 4 is 22.6 Å². The first kappa shape index (κ1) is 36.8. The fourth-order valence-electron chi connectivity index (χ4n) is 6.20. The number of aliphatic carboxylic acids is 1. The Morgan fingerprint density at radius 1 is 0.958 bits per heavy atom. The van der Waals surface area contributed by atoms with Crippen molar-refractivity contribution in [2.45, 2.75) is 44.1 Å². The highest BCUT2D eigenvalue weighted by Crippen LogP contribution is 2.47. The van der Waals surface area contributed by atoms with Gasteiger partial charge in [0.15, 0.2) is 0 Å². The van der Waals surface area contributed by atoms with Crippen LogP contribution in [0.1, 0.15) is 24.0 Å². The second kappa shape index (κ2) is 14.6. The number of likely N-dealkylation sites (tertiary alicyclic amines) is 1. The van der Waals surface area contributed by atoms with Crippen molar-refractivity contribution in [3.8, 4) is 22.6 Å². The number of rotatable bonds is 12. The number of fused-ring (bicyclic) bond motifs is 1. The maximum Gasteiger partial charge on any atom is 0.403 e. The van der Waals surface area contributed by atoms with Gasteiger partial charge in [0.25, 0.3) is 0 Å². The van der Waals surface area contributed by atoms with Crippen LogP contribution in [0.3, 0.4) is 0 Å². The fourth-order valence-corrected chi connectivity index (χ4v) is 6.20. The Morgan fingerprint density at radius 2 is 1.54 bits per heavy atom. The van der Waals surface area contributed by atoms with Gasteiger partial charge in [0, 0.05) is 13.0 Å². The van der Waals surface area contributed by atoms with Crippen molar-refractivity contribution in [2.75, 3.05) is 54.5 Å². The monoisotopic (exact) mass is 683 g/mol. The Balaban J connectivity index is 1.66. The molecule has 1 atom stereocenters. The van der Waals surface area contributed by atoms with Gasteiger partial charge >= 0.3 is 18.3 Å². The number of carboxylic acids is 1. The molecule has 4 rings (SSSR count). The third kappa shape index (κ3) is 8.15. The summed E-state index contributed by atoms with van der Waals surface area (Å²) in [4.78, 5) is 28.4. The van der Waals surface area contributed by atoms with E-state index in [-0.39, 0.29) is 6.42 Å². The normalized spacial score (nSPS) is 16.1. The lowest BCUT2D eigenvalue weighted by Gasteiger charge is -2.42. The highest BCUT2D eigenvalue weighted by atomic mass is 19.4. The van der Waals surface area contributed by atoms with Crippen molar-refractivity contribution in [2.24, 2.45) is 5.41 Å². The van der Waals surface area contributed by atoms with Crippen LogP contribution in [-0.4, -0.2) is 99.7 Å². The largest absolute Gasteiger partial charge is 0.496 e. The maximum absolute atomic E-state index is 14.4. The smallest absolute Gasteiger partial charge is 0.403 e. The molecule has 1 amide bonds. The van der Waals surface area contributed by atoms with Gasteiger partial charge in [0.1, 0.15) is 23.0 Å². The number of carbonyl (C=O) groups is 2. The zero-order chi connectivity index (χ0) is 35.4. The predicted octanol–water partition coefficient (Wildman–Crippen LogP) is 5.95. The second-order valence-electron chi connectivity index (χ2n) is 12.3. The van der Waals surface area contributed by atoms with Gasteiger partial charge < -0.3 is 24.8 Å². The van der Waals surface area contributed by atoms with Crippen LogP contribution in [0.4, 0.5) is 26.3 Å². The zero-order valence-electron chi connectivity index (χ0n) is 27.1. The van der Waals surface area contributed by atoms with E-state index in [9.17, 15) is 41.0 Å². The van der Waals surface area contributed by atoms with E-state index in [1.165, 1.54) is 0 Å². The number of hydrogen-bond donors (Lipinski definition) is 2. The first-order valence-electron chi connectivity index (χ1n) is 15.3. The molecule has 3 aromatic carbocycles. The van der Waals surface area contributed by atoms with Crippen LogP contribution >= 0.6 is 0 Å². The molecule has 0 saturated carbocycles. The van der Waals surface area contributed by atoms with Crippen LogP contribution in [-0.2, 0) is 22.4 Å². The first-order chi connectivity index (χ1) is 22.5. The number of likely N-dealkylation sites (N-methyl/N-ethyl adjacent to an activating group) is 1. The number of halogens is 6. The van der Waals surface area contributed by atoms with Crippen molar-refractivity contribution in [1.82, 2.24) is 15.1 Å². The van der Waals surface area contributed by atoms with Crippen molar-refractivity contribution in [3.05, 3.63) is 59.7 Å². The molecule has 1 saturated heterocycles. The summed E-state index contributed by atoms with van der Waals surface area (Å²) < 4.78 is 93.1. The fraction of sp³-hybridized carbons (Fsp3) is 0.471. The lowest BCUT2D eigenvalue weighted by atomic mass is 9.76. The number of benzene rings is 3. The summed E-state index contributed by atoms with van der Waals surface area (Å²) in [5.74, 6) is -2.02. The number of nitrogens with zero attached hydrogens (tertiary/aromatic N) is 2. The zero-order valence-corrected chi connectivity index (χ0v) is 27.1. The van der Waals surface area contributed by atoms with Crippen molar-refractivity contribution in [3.63, 3.8) is 0 Å². The number of nitrogens with one attached hydrogen (secondary N) is 1. The van der Waals surface area contributed by atoms with Gasteiger partial charge in [-0.05, 0) is 86.0 Å². The van der Waals surface area contributed by atoms with Gasteiger partial charge in [-0.3, -0.25) is 9.69 Å². The number of amides is 1. The van der Waals surface area contributed by atoms with E-state index in [2.05, 4.69) is 10.2 Å². The van der Waals surface area contributed by atoms with Crippen LogP contribution in [0.15, 0.2) is 48.5 Å². The van der Waals surface area contributed by atoms with E-state index in [4.69, 9.17) is 9.47 Å². The average molecular weight is 684 g/mol. The van der Waals surface area contributed by atoms with E-state index in [0.717, 1.165) is 23.4 Å². The van der Waals surface area contributed by atoms with Gasteiger partial charge in [-0.25, -0.2) is 4.79 Å². The highest BCUT2D eigenvalue weighted by molar-refractivity contribution is 6.01. The quantitative estimate of drug-likeness (QED) is 0.228. The number of alkyl halides is 6. The van der Waals surface area contributed by atoms with Crippen LogP contribution in [0.25, 0.3) is 21.9 Å². The molecule has 0 spiro atoms. The predicted molar refractivity (Wildman–Crippen MR) is 168 cm³/mol. The Labute approximate surface area is 274 Å². The number of piperidine rings is 1. The van der Waals surface area contributed by atoms with Gasteiger partial charge in [-0.1, -0.05) is 36.4 Å². The van der Waals surface area contributed by atoms with Gasteiger partial charge in [-0.15, -0.1) is 0 Å². The summed E-state index contributed by atoms with van der Waals surface area (Å²) in [6.45, 7) is -1.85. The summed E-state index contributed by atoms with van der Waals surface area (Å²) in [6.07, 6.45) is -11.2. The Bertz CT molecular complexity index is 1590. The number of carboxylic acid groups (broad SMARTS) is 1.